The molecule has 0 fully saturated rings. The zero-order valence-electron chi connectivity index (χ0n) is 10.9. The second-order valence-electron chi connectivity index (χ2n) is 4.55. The number of benzene rings is 1. The minimum Gasteiger partial charge on any atom is -0.479 e. The number of ether oxygens (including phenoxy) is 1. The largest absolute Gasteiger partial charge is 0.479 e. The van der Waals surface area contributed by atoms with Crippen molar-refractivity contribution in [3.05, 3.63) is 29.3 Å². The molecule has 17 heavy (non-hydrogen) atoms. The van der Waals surface area contributed by atoms with Crippen molar-refractivity contribution >= 4 is 5.97 Å². The first kappa shape index (κ1) is 13.6. The molecule has 3 heteroatoms. The average molecular weight is 236 g/mol. The number of hydrogen-bond donors (Lipinski definition) is 1. The van der Waals surface area contributed by atoms with E-state index in [9.17, 15) is 4.79 Å². The Morgan fingerprint density at radius 2 is 2.06 bits per heavy atom. The molecule has 1 aromatic rings. The number of aryl methyl sites for hydroxylation is 1. The fraction of sp³-hybridized carbons (Fsp3) is 0.500. The summed E-state index contributed by atoms with van der Waals surface area (Å²) >= 11 is 0. The number of aliphatic carboxylic acids is 1. The average Bonchev–Trinajstić information content (AvgIpc) is 2.25. The molecule has 0 amide bonds. The van der Waals surface area contributed by atoms with E-state index < -0.39 is 12.1 Å². The Morgan fingerprint density at radius 3 is 2.53 bits per heavy atom. The summed E-state index contributed by atoms with van der Waals surface area (Å²) in [4.78, 5) is 11.0. The van der Waals surface area contributed by atoms with Crippen molar-refractivity contribution < 1.29 is 14.6 Å². The zero-order chi connectivity index (χ0) is 13.0. The Bertz CT molecular complexity index is 396. The van der Waals surface area contributed by atoms with Crippen LogP contribution in [0.2, 0.25) is 0 Å². The topological polar surface area (TPSA) is 46.5 Å². The summed E-state index contributed by atoms with van der Waals surface area (Å²) in [5.74, 6) is 0.0925. The zero-order valence-corrected chi connectivity index (χ0v) is 10.9. The maximum absolute atomic E-state index is 11.0. The highest BCUT2D eigenvalue weighted by Crippen LogP contribution is 2.28. The summed E-state index contributed by atoms with van der Waals surface area (Å²) in [5.41, 5.74) is 2.12. The van der Waals surface area contributed by atoms with E-state index in [0.29, 0.717) is 18.1 Å². The minimum absolute atomic E-state index is 0.317. The summed E-state index contributed by atoms with van der Waals surface area (Å²) in [6.07, 6.45) is -0.310. The third-order valence-corrected chi connectivity index (χ3v) is 2.71. The van der Waals surface area contributed by atoms with Crippen molar-refractivity contribution in [2.45, 2.75) is 46.1 Å². The second-order valence-corrected chi connectivity index (χ2v) is 4.55. The van der Waals surface area contributed by atoms with Crippen LogP contribution in [-0.2, 0) is 4.79 Å². The van der Waals surface area contributed by atoms with E-state index in [1.165, 1.54) is 0 Å². The Labute approximate surface area is 102 Å². The monoisotopic (exact) mass is 236 g/mol. The van der Waals surface area contributed by atoms with Crippen molar-refractivity contribution in [1.82, 2.24) is 0 Å². The maximum Gasteiger partial charge on any atom is 0.344 e. The second kappa shape index (κ2) is 5.71. The highest BCUT2D eigenvalue weighted by Gasteiger charge is 2.19. The van der Waals surface area contributed by atoms with E-state index in [-0.39, 0.29) is 0 Å². The predicted octanol–water partition coefficient (Wildman–Crippen LogP) is 3.36. The minimum atomic E-state index is -0.913. The lowest BCUT2D eigenvalue weighted by molar-refractivity contribution is -0.145. The van der Waals surface area contributed by atoms with Crippen molar-refractivity contribution in [3.63, 3.8) is 0 Å². The van der Waals surface area contributed by atoms with E-state index in [0.717, 1.165) is 11.1 Å². The Kier molecular flexibility index (Phi) is 4.55. The van der Waals surface area contributed by atoms with Gasteiger partial charge in [0.2, 0.25) is 0 Å². The lowest BCUT2D eigenvalue weighted by Crippen LogP contribution is -2.26. The van der Waals surface area contributed by atoms with Gasteiger partial charge in [-0.3, -0.25) is 0 Å². The van der Waals surface area contributed by atoms with Crippen LogP contribution in [0.5, 0.6) is 5.75 Å². The van der Waals surface area contributed by atoms with E-state index in [1.54, 1.807) is 0 Å². The molecule has 0 aromatic heterocycles. The molecule has 1 atom stereocenters. The molecule has 0 spiro atoms. The fourth-order valence-electron chi connectivity index (χ4n) is 1.68. The van der Waals surface area contributed by atoms with Gasteiger partial charge < -0.3 is 9.84 Å². The number of carbonyl (C=O) groups is 1. The Hall–Kier alpha value is -1.51. The summed E-state index contributed by atoms with van der Waals surface area (Å²) < 4.78 is 5.60. The van der Waals surface area contributed by atoms with Crippen LogP contribution in [0.4, 0.5) is 0 Å². The highest BCUT2D eigenvalue weighted by molar-refractivity contribution is 5.72. The molecular formula is C14H20O3. The van der Waals surface area contributed by atoms with Gasteiger partial charge in [0, 0.05) is 0 Å². The third kappa shape index (κ3) is 3.48. The summed E-state index contributed by atoms with van der Waals surface area (Å²) in [6, 6.07) is 5.93. The van der Waals surface area contributed by atoms with E-state index >= 15 is 0 Å². The molecule has 1 rings (SSSR count). The molecule has 0 heterocycles. The van der Waals surface area contributed by atoms with Crippen LogP contribution in [0.15, 0.2) is 18.2 Å². The maximum atomic E-state index is 11.0. The number of rotatable bonds is 5. The van der Waals surface area contributed by atoms with Gasteiger partial charge in [-0.25, -0.2) is 4.79 Å². The van der Waals surface area contributed by atoms with E-state index in [4.69, 9.17) is 9.84 Å². The van der Waals surface area contributed by atoms with Crippen molar-refractivity contribution in [3.8, 4) is 5.75 Å². The van der Waals surface area contributed by atoms with Crippen LogP contribution in [0.25, 0.3) is 0 Å². The van der Waals surface area contributed by atoms with Crippen LogP contribution in [-0.4, -0.2) is 17.2 Å². The predicted molar refractivity (Wildman–Crippen MR) is 67.6 cm³/mol. The number of carboxylic acids is 1. The molecule has 0 bridgehead atoms. The van der Waals surface area contributed by atoms with Gasteiger partial charge in [0.1, 0.15) is 5.75 Å². The highest BCUT2D eigenvalue weighted by atomic mass is 16.5. The van der Waals surface area contributed by atoms with Gasteiger partial charge in [0.25, 0.3) is 0 Å². The molecule has 1 unspecified atom stereocenters. The van der Waals surface area contributed by atoms with Crippen LogP contribution >= 0.6 is 0 Å². The standard InChI is InChI=1S/C14H20O3/c1-5-12(14(15)16)17-13-8-10(4)6-7-11(13)9(2)3/h6-9,12H,5H2,1-4H3,(H,15,16). The van der Waals surface area contributed by atoms with Gasteiger partial charge in [-0.05, 0) is 36.5 Å². The SMILES string of the molecule is CCC(Oc1cc(C)ccc1C(C)C)C(=O)O. The molecule has 0 radical (unpaired) electrons. The molecule has 0 aliphatic carbocycles. The van der Waals surface area contributed by atoms with Gasteiger partial charge in [-0.2, -0.15) is 0 Å². The van der Waals surface area contributed by atoms with E-state index in [1.807, 2.05) is 32.0 Å². The van der Waals surface area contributed by atoms with Crippen LogP contribution < -0.4 is 4.74 Å². The molecule has 0 aliphatic heterocycles. The lowest BCUT2D eigenvalue weighted by Gasteiger charge is -2.18. The summed E-state index contributed by atoms with van der Waals surface area (Å²) in [7, 11) is 0. The molecule has 1 N–H and O–H groups in total. The molecule has 3 nitrogen and oxygen atoms in total. The number of carboxylic acid groups (broad SMARTS) is 1. The summed E-state index contributed by atoms with van der Waals surface area (Å²) in [6.45, 7) is 7.92. The summed E-state index contributed by atoms with van der Waals surface area (Å²) in [5, 5.41) is 9.01. The first-order chi connectivity index (χ1) is 7.95. The first-order valence-corrected chi connectivity index (χ1v) is 5.95. The quantitative estimate of drug-likeness (QED) is 0.852. The molecule has 0 saturated carbocycles. The Balaban J connectivity index is 3.02. The van der Waals surface area contributed by atoms with Crippen LogP contribution in [0.1, 0.15) is 44.2 Å². The van der Waals surface area contributed by atoms with Crippen molar-refractivity contribution in [1.29, 1.82) is 0 Å². The molecular weight excluding hydrogens is 216 g/mol. The molecule has 1 aromatic carbocycles. The molecule has 94 valence electrons. The first-order valence-electron chi connectivity index (χ1n) is 5.95. The number of hydrogen-bond acceptors (Lipinski definition) is 2. The van der Waals surface area contributed by atoms with Crippen molar-refractivity contribution in [2.75, 3.05) is 0 Å². The van der Waals surface area contributed by atoms with E-state index in [2.05, 4.69) is 13.8 Å². The van der Waals surface area contributed by atoms with Gasteiger partial charge in [-0.1, -0.05) is 32.9 Å². The van der Waals surface area contributed by atoms with Gasteiger partial charge in [0.15, 0.2) is 6.10 Å². The van der Waals surface area contributed by atoms with Crippen LogP contribution in [0.3, 0.4) is 0 Å². The van der Waals surface area contributed by atoms with Gasteiger partial charge in [0.05, 0.1) is 0 Å². The van der Waals surface area contributed by atoms with Gasteiger partial charge >= 0.3 is 5.97 Å². The molecule has 0 saturated heterocycles. The van der Waals surface area contributed by atoms with Crippen LogP contribution in [0, 0.1) is 6.92 Å². The van der Waals surface area contributed by atoms with Crippen molar-refractivity contribution in [2.24, 2.45) is 0 Å². The normalized spacial score (nSPS) is 12.5. The smallest absolute Gasteiger partial charge is 0.344 e. The van der Waals surface area contributed by atoms with Gasteiger partial charge in [-0.15, -0.1) is 0 Å². The Morgan fingerprint density at radius 1 is 1.41 bits per heavy atom. The third-order valence-electron chi connectivity index (χ3n) is 2.71. The molecule has 0 aliphatic rings. The lowest BCUT2D eigenvalue weighted by atomic mass is 10.0. The fourth-order valence-corrected chi connectivity index (χ4v) is 1.68.